The second kappa shape index (κ2) is 5.54. The van der Waals surface area contributed by atoms with Gasteiger partial charge in [0.15, 0.2) is 0 Å². The maximum atomic E-state index is 10.4. The van der Waals surface area contributed by atoms with E-state index in [9.17, 15) is 4.79 Å². The Balaban J connectivity index is 0.00000144. The Hall–Kier alpha value is -1.75. The molecule has 0 saturated heterocycles. The predicted octanol–water partition coefficient (Wildman–Crippen LogP) is -1.44. The molecule has 0 atom stereocenters. The van der Waals surface area contributed by atoms with Crippen LogP contribution in [0.4, 0.5) is 5.69 Å². The van der Waals surface area contributed by atoms with Gasteiger partial charge < -0.3 is 28.2 Å². The average molecular weight is 255 g/mol. The molecule has 0 bridgehead atoms. The number of imidazole rings is 1. The summed E-state index contributed by atoms with van der Waals surface area (Å²) in [6, 6.07) is 5.47. The van der Waals surface area contributed by atoms with Gasteiger partial charge in [0.1, 0.15) is 5.82 Å². The number of nitrogens with one attached hydrogen (secondary N) is 1. The van der Waals surface area contributed by atoms with E-state index >= 15 is 0 Å². The topological polar surface area (TPSA) is 92.0 Å². The van der Waals surface area contributed by atoms with Gasteiger partial charge >= 0.3 is 5.97 Å². The minimum atomic E-state index is -0.777. The Morgan fingerprint density at radius 2 is 2.24 bits per heavy atom. The third-order valence-electron chi connectivity index (χ3n) is 2.36. The molecule has 0 aliphatic carbocycles. The fourth-order valence-electron chi connectivity index (χ4n) is 1.61. The summed E-state index contributed by atoms with van der Waals surface area (Å²) in [4.78, 5) is 17.8. The zero-order valence-corrected chi connectivity index (χ0v) is 9.87. The second-order valence-electron chi connectivity index (χ2n) is 3.71. The number of fused-ring (bicyclic) bond motifs is 1. The van der Waals surface area contributed by atoms with E-state index in [2.05, 4.69) is 9.97 Å². The zero-order valence-electron chi connectivity index (χ0n) is 9.11. The number of hydrogen-bond acceptors (Lipinski definition) is 3. The SMILES string of the molecule is Nc1ccc2nc(CCCC(=O)O)[nH]c2c1.[Cl-]. The lowest BCUT2D eigenvalue weighted by molar-refractivity contribution is -0.137. The number of carboxylic acids is 1. The van der Waals surface area contributed by atoms with E-state index in [-0.39, 0.29) is 18.8 Å². The summed E-state index contributed by atoms with van der Waals surface area (Å²) >= 11 is 0. The summed E-state index contributed by atoms with van der Waals surface area (Å²) in [6.07, 6.45) is 1.39. The minimum Gasteiger partial charge on any atom is -1.00 e. The lowest BCUT2D eigenvalue weighted by atomic mass is 10.2. The first-order valence-electron chi connectivity index (χ1n) is 5.11. The van der Waals surface area contributed by atoms with Gasteiger partial charge in [-0.05, 0) is 24.6 Å². The summed E-state index contributed by atoms with van der Waals surface area (Å²) < 4.78 is 0. The van der Waals surface area contributed by atoms with E-state index in [0.29, 0.717) is 18.5 Å². The van der Waals surface area contributed by atoms with Crippen LogP contribution >= 0.6 is 0 Å². The lowest BCUT2D eigenvalue weighted by Crippen LogP contribution is -3.00. The van der Waals surface area contributed by atoms with Crippen molar-refractivity contribution < 1.29 is 22.3 Å². The van der Waals surface area contributed by atoms with Crippen LogP contribution in [0.2, 0.25) is 0 Å². The van der Waals surface area contributed by atoms with Crippen LogP contribution in [0, 0.1) is 0 Å². The van der Waals surface area contributed by atoms with Crippen molar-refractivity contribution in [3.05, 3.63) is 24.0 Å². The van der Waals surface area contributed by atoms with Crippen molar-refractivity contribution in [1.29, 1.82) is 0 Å². The van der Waals surface area contributed by atoms with E-state index in [1.807, 2.05) is 12.1 Å². The number of rotatable bonds is 4. The number of anilines is 1. The zero-order chi connectivity index (χ0) is 11.5. The molecule has 92 valence electrons. The summed E-state index contributed by atoms with van der Waals surface area (Å²) in [7, 11) is 0. The average Bonchev–Trinajstić information content (AvgIpc) is 2.58. The molecule has 4 N–H and O–H groups in total. The maximum Gasteiger partial charge on any atom is 0.303 e. The smallest absolute Gasteiger partial charge is 0.303 e. The number of carboxylic acid groups (broad SMARTS) is 1. The molecule has 0 radical (unpaired) electrons. The van der Waals surface area contributed by atoms with Crippen LogP contribution in [0.1, 0.15) is 18.7 Å². The summed E-state index contributed by atoms with van der Waals surface area (Å²) in [5.74, 6) is 0.0298. The number of aliphatic carboxylic acids is 1. The van der Waals surface area contributed by atoms with Crippen LogP contribution in [0.15, 0.2) is 18.2 Å². The molecule has 17 heavy (non-hydrogen) atoms. The van der Waals surface area contributed by atoms with Crippen LogP contribution in [-0.2, 0) is 11.2 Å². The molecule has 6 heteroatoms. The Labute approximate surface area is 104 Å². The number of halogens is 1. The van der Waals surface area contributed by atoms with Crippen LogP contribution in [-0.4, -0.2) is 21.0 Å². The normalized spacial score (nSPS) is 10.1. The van der Waals surface area contributed by atoms with Crippen LogP contribution in [0.3, 0.4) is 0 Å². The summed E-state index contributed by atoms with van der Waals surface area (Å²) in [5.41, 5.74) is 8.09. The molecule has 1 aromatic heterocycles. The molecular formula is C11H13ClN3O2-. The highest BCUT2D eigenvalue weighted by atomic mass is 35.5. The summed E-state index contributed by atoms with van der Waals surface area (Å²) in [6.45, 7) is 0. The van der Waals surface area contributed by atoms with Crippen molar-refractivity contribution in [2.45, 2.75) is 19.3 Å². The van der Waals surface area contributed by atoms with Gasteiger partial charge in [-0.15, -0.1) is 0 Å². The van der Waals surface area contributed by atoms with E-state index in [1.54, 1.807) is 6.07 Å². The van der Waals surface area contributed by atoms with Crippen LogP contribution in [0.5, 0.6) is 0 Å². The standard InChI is InChI=1S/C11H13N3O2.ClH/c12-7-4-5-8-9(6-7)14-10(13-8)2-1-3-11(15)16;/h4-6H,1-3,12H2,(H,13,14)(H,15,16);1H/p-1. The lowest BCUT2D eigenvalue weighted by Gasteiger charge is -1.92. The minimum absolute atomic E-state index is 0. The molecule has 0 aliphatic rings. The van der Waals surface area contributed by atoms with Gasteiger partial charge in [0, 0.05) is 18.5 Å². The molecule has 0 saturated carbocycles. The van der Waals surface area contributed by atoms with Crippen molar-refractivity contribution in [1.82, 2.24) is 9.97 Å². The fourth-order valence-corrected chi connectivity index (χ4v) is 1.61. The quantitative estimate of drug-likeness (QED) is 0.583. The van der Waals surface area contributed by atoms with E-state index in [0.717, 1.165) is 16.9 Å². The molecule has 1 heterocycles. The first-order valence-corrected chi connectivity index (χ1v) is 5.11. The van der Waals surface area contributed by atoms with Gasteiger partial charge in [-0.25, -0.2) is 4.98 Å². The van der Waals surface area contributed by atoms with Crippen molar-refractivity contribution in [3.8, 4) is 0 Å². The maximum absolute atomic E-state index is 10.4. The van der Waals surface area contributed by atoms with E-state index in [4.69, 9.17) is 10.8 Å². The first kappa shape index (κ1) is 13.3. The summed E-state index contributed by atoms with van der Waals surface area (Å²) in [5, 5.41) is 8.52. The van der Waals surface area contributed by atoms with Crippen LogP contribution < -0.4 is 18.1 Å². The highest BCUT2D eigenvalue weighted by Gasteiger charge is 2.04. The number of H-pyrrole nitrogens is 1. The fraction of sp³-hybridized carbons (Fsp3) is 0.273. The Morgan fingerprint density at radius 1 is 1.47 bits per heavy atom. The van der Waals surface area contributed by atoms with Gasteiger partial charge in [-0.2, -0.15) is 0 Å². The number of aromatic nitrogens is 2. The van der Waals surface area contributed by atoms with Gasteiger partial charge in [-0.1, -0.05) is 0 Å². The van der Waals surface area contributed by atoms with Crippen LogP contribution in [0.25, 0.3) is 11.0 Å². The molecule has 0 spiro atoms. The van der Waals surface area contributed by atoms with Crippen molar-refractivity contribution in [2.75, 3.05) is 5.73 Å². The molecule has 5 nitrogen and oxygen atoms in total. The van der Waals surface area contributed by atoms with Gasteiger partial charge in [-0.3, -0.25) is 4.79 Å². The largest absolute Gasteiger partial charge is 1.00 e. The van der Waals surface area contributed by atoms with E-state index in [1.165, 1.54) is 0 Å². The Bertz CT molecular complexity index is 524. The number of benzene rings is 1. The predicted molar refractivity (Wildman–Crippen MR) is 61.1 cm³/mol. The molecular weight excluding hydrogens is 242 g/mol. The molecule has 2 aromatic rings. The number of nitrogens with zero attached hydrogens (tertiary/aromatic N) is 1. The third kappa shape index (κ3) is 3.35. The molecule has 0 fully saturated rings. The molecule has 2 rings (SSSR count). The highest BCUT2D eigenvalue weighted by molar-refractivity contribution is 5.78. The third-order valence-corrected chi connectivity index (χ3v) is 2.36. The molecule has 0 aliphatic heterocycles. The number of hydrogen-bond donors (Lipinski definition) is 3. The number of aryl methyl sites for hydroxylation is 1. The molecule has 0 amide bonds. The number of aromatic amines is 1. The van der Waals surface area contributed by atoms with Crippen molar-refractivity contribution in [3.63, 3.8) is 0 Å². The molecule has 1 aromatic carbocycles. The Kier molecular flexibility index (Phi) is 4.34. The van der Waals surface area contributed by atoms with E-state index < -0.39 is 5.97 Å². The number of nitrogens with two attached hydrogens (primary N) is 1. The van der Waals surface area contributed by atoms with Gasteiger partial charge in [0.25, 0.3) is 0 Å². The van der Waals surface area contributed by atoms with Gasteiger partial charge in [0.05, 0.1) is 11.0 Å². The number of carbonyl (C=O) groups is 1. The second-order valence-corrected chi connectivity index (χ2v) is 3.71. The number of nitrogen functional groups attached to an aromatic ring is 1. The first-order chi connectivity index (χ1) is 7.65. The van der Waals surface area contributed by atoms with Gasteiger partial charge in [0.2, 0.25) is 0 Å². The molecule has 0 unspecified atom stereocenters. The monoisotopic (exact) mass is 254 g/mol. The Morgan fingerprint density at radius 3 is 2.94 bits per heavy atom. The van der Waals surface area contributed by atoms with Crippen molar-refractivity contribution in [2.24, 2.45) is 0 Å². The highest BCUT2D eigenvalue weighted by Crippen LogP contribution is 2.15. The van der Waals surface area contributed by atoms with Crippen molar-refractivity contribution >= 4 is 22.7 Å².